The molecular formula is C26H37P. The Bertz CT molecular complexity index is 655. The van der Waals surface area contributed by atoms with Gasteiger partial charge in [-0.1, -0.05) is 95.9 Å². The van der Waals surface area contributed by atoms with Crippen LogP contribution in [0, 0.1) is 0 Å². The van der Waals surface area contributed by atoms with E-state index in [1.165, 1.54) is 81.8 Å². The van der Waals surface area contributed by atoms with Crippen molar-refractivity contribution in [3.63, 3.8) is 0 Å². The van der Waals surface area contributed by atoms with E-state index < -0.39 is 0 Å². The van der Waals surface area contributed by atoms with Gasteiger partial charge in [0.25, 0.3) is 0 Å². The van der Waals surface area contributed by atoms with Gasteiger partial charge >= 0.3 is 0 Å². The van der Waals surface area contributed by atoms with Gasteiger partial charge in [0.05, 0.1) is 0 Å². The predicted octanol–water partition coefficient (Wildman–Crippen LogP) is 8.33. The lowest BCUT2D eigenvalue weighted by Gasteiger charge is -2.51. The van der Waals surface area contributed by atoms with Crippen LogP contribution < -0.4 is 0 Å². The third kappa shape index (κ3) is 3.98. The van der Waals surface area contributed by atoms with E-state index in [-0.39, 0.29) is 7.92 Å². The maximum atomic E-state index is 2.66. The summed E-state index contributed by atoms with van der Waals surface area (Å²) >= 11 is 0. The van der Waals surface area contributed by atoms with Crippen LogP contribution in [0.15, 0.2) is 48.1 Å². The van der Waals surface area contributed by atoms with Crippen molar-refractivity contribution in [2.24, 2.45) is 0 Å². The highest BCUT2D eigenvalue weighted by molar-refractivity contribution is 7.61. The second-order valence-corrected chi connectivity index (χ2v) is 12.6. The topological polar surface area (TPSA) is 0 Å². The van der Waals surface area contributed by atoms with E-state index in [1.807, 2.05) is 0 Å². The van der Waals surface area contributed by atoms with Crippen molar-refractivity contribution in [3.05, 3.63) is 53.6 Å². The van der Waals surface area contributed by atoms with Crippen LogP contribution in [0.25, 0.3) is 5.57 Å². The van der Waals surface area contributed by atoms with E-state index in [0.29, 0.717) is 5.16 Å². The largest absolute Gasteiger partial charge is 0.0893 e. The molecule has 0 spiro atoms. The Hall–Kier alpha value is -0.870. The minimum absolute atomic E-state index is 0.00413. The standard InChI is InChI=1S/C26H37P/c1-21-13-12-20-26(2,25(21)22-14-6-3-7-15-22)27(23-16-8-4-9-17-23)24-18-10-5-11-19-24/h3,6-7,12-15,23-24H,4-5,8-11,16-20H2,1-2H3. The molecule has 1 atom stereocenters. The Balaban J connectivity index is 1.77. The molecule has 3 aliphatic rings. The van der Waals surface area contributed by atoms with Crippen LogP contribution in [0.3, 0.4) is 0 Å². The summed E-state index contributed by atoms with van der Waals surface area (Å²) in [6, 6.07) is 11.4. The fraction of sp³-hybridized carbons (Fsp3) is 0.615. The van der Waals surface area contributed by atoms with Crippen LogP contribution in [0.5, 0.6) is 0 Å². The first-order valence-electron chi connectivity index (χ1n) is 11.4. The molecule has 1 unspecified atom stereocenters. The molecule has 3 aliphatic carbocycles. The molecule has 0 N–H and O–H groups in total. The number of hydrogen-bond acceptors (Lipinski definition) is 0. The van der Waals surface area contributed by atoms with Gasteiger partial charge < -0.3 is 0 Å². The Morgan fingerprint density at radius 1 is 0.815 bits per heavy atom. The molecule has 0 saturated heterocycles. The Kier molecular flexibility index (Phi) is 6.23. The van der Waals surface area contributed by atoms with Crippen LogP contribution in [0.1, 0.15) is 90.0 Å². The average Bonchev–Trinajstić information content (AvgIpc) is 2.70. The van der Waals surface area contributed by atoms with Crippen LogP contribution >= 0.6 is 7.92 Å². The maximum Gasteiger partial charge on any atom is 0.0174 e. The minimum atomic E-state index is 0.00413. The van der Waals surface area contributed by atoms with E-state index >= 15 is 0 Å². The second kappa shape index (κ2) is 8.65. The van der Waals surface area contributed by atoms with Gasteiger partial charge in [0.15, 0.2) is 0 Å². The third-order valence-corrected chi connectivity index (χ3v) is 11.5. The van der Waals surface area contributed by atoms with Crippen LogP contribution in [0.2, 0.25) is 0 Å². The molecular weight excluding hydrogens is 343 g/mol. The summed E-state index contributed by atoms with van der Waals surface area (Å²) in [4.78, 5) is 0. The van der Waals surface area contributed by atoms with Crippen molar-refractivity contribution >= 4 is 13.5 Å². The van der Waals surface area contributed by atoms with E-state index in [0.717, 1.165) is 11.3 Å². The summed E-state index contributed by atoms with van der Waals surface area (Å²) < 4.78 is 0. The molecule has 0 aliphatic heterocycles. The van der Waals surface area contributed by atoms with Gasteiger partial charge in [-0.2, -0.15) is 0 Å². The van der Waals surface area contributed by atoms with Crippen molar-refractivity contribution in [2.75, 3.05) is 0 Å². The highest BCUT2D eigenvalue weighted by Gasteiger charge is 2.46. The monoisotopic (exact) mass is 380 g/mol. The first-order chi connectivity index (χ1) is 13.2. The molecule has 1 heteroatoms. The highest BCUT2D eigenvalue weighted by atomic mass is 31.1. The van der Waals surface area contributed by atoms with E-state index in [9.17, 15) is 0 Å². The third-order valence-electron chi connectivity index (χ3n) is 7.38. The predicted molar refractivity (Wildman–Crippen MR) is 122 cm³/mol. The molecule has 0 aromatic heterocycles. The zero-order valence-corrected chi connectivity index (χ0v) is 18.3. The molecule has 0 bridgehead atoms. The van der Waals surface area contributed by atoms with Crippen molar-refractivity contribution in [2.45, 2.75) is 101 Å². The van der Waals surface area contributed by atoms with Crippen molar-refractivity contribution in [1.82, 2.24) is 0 Å². The van der Waals surface area contributed by atoms with Crippen LogP contribution in [-0.2, 0) is 0 Å². The summed E-state index contributed by atoms with van der Waals surface area (Å²) in [6.07, 6.45) is 21.0. The van der Waals surface area contributed by atoms with Gasteiger partial charge in [0, 0.05) is 5.16 Å². The van der Waals surface area contributed by atoms with Crippen LogP contribution in [0.4, 0.5) is 0 Å². The normalized spacial score (nSPS) is 28.1. The summed E-state index contributed by atoms with van der Waals surface area (Å²) in [5.41, 5.74) is 6.70. The van der Waals surface area contributed by atoms with E-state index in [2.05, 4.69) is 56.3 Å². The van der Waals surface area contributed by atoms with Gasteiger partial charge in [-0.05, 0) is 67.1 Å². The lowest BCUT2D eigenvalue weighted by molar-refractivity contribution is 0.477. The van der Waals surface area contributed by atoms with E-state index in [1.54, 1.807) is 5.57 Å². The number of allylic oxidation sites excluding steroid dienone is 4. The van der Waals surface area contributed by atoms with Gasteiger partial charge in [-0.25, -0.2) is 0 Å². The number of benzene rings is 1. The first-order valence-corrected chi connectivity index (χ1v) is 12.9. The zero-order valence-electron chi connectivity index (χ0n) is 17.4. The Morgan fingerprint density at radius 2 is 1.37 bits per heavy atom. The molecule has 2 saturated carbocycles. The number of rotatable bonds is 4. The summed E-state index contributed by atoms with van der Waals surface area (Å²) in [6.45, 7) is 5.03. The molecule has 0 nitrogen and oxygen atoms in total. The minimum Gasteiger partial charge on any atom is -0.0893 e. The van der Waals surface area contributed by atoms with Crippen molar-refractivity contribution in [1.29, 1.82) is 0 Å². The SMILES string of the molecule is CC1=C(c2ccccc2)C(C)(P(C2CCCCC2)C2CCCCC2)CC=C1. The number of hydrogen-bond donors (Lipinski definition) is 0. The second-order valence-electron chi connectivity index (χ2n) is 9.30. The summed E-state index contributed by atoms with van der Waals surface area (Å²) in [7, 11) is 0.00413. The summed E-state index contributed by atoms with van der Waals surface area (Å²) in [5, 5.41) is 0.361. The quantitative estimate of drug-likeness (QED) is 0.461. The average molecular weight is 381 g/mol. The molecule has 27 heavy (non-hydrogen) atoms. The van der Waals surface area contributed by atoms with Gasteiger partial charge in [-0.15, -0.1) is 0 Å². The van der Waals surface area contributed by atoms with Crippen molar-refractivity contribution < 1.29 is 0 Å². The molecule has 1 aromatic rings. The van der Waals surface area contributed by atoms with Gasteiger partial charge in [0.2, 0.25) is 0 Å². The zero-order chi connectivity index (χ0) is 18.7. The van der Waals surface area contributed by atoms with Crippen LogP contribution in [-0.4, -0.2) is 16.5 Å². The molecule has 0 heterocycles. The lowest BCUT2D eigenvalue weighted by atomic mass is 9.83. The molecule has 4 rings (SSSR count). The highest BCUT2D eigenvalue weighted by Crippen LogP contribution is 2.69. The smallest absolute Gasteiger partial charge is 0.0174 e. The molecule has 146 valence electrons. The molecule has 1 aromatic carbocycles. The lowest BCUT2D eigenvalue weighted by Crippen LogP contribution is -2.36. The van der Waals surface area contributed by atoms with Gasteiger partial charge in [-0.3, -0.25) is 0 Å². The first kappa shape index (κ1) is 19.4. The summed E-state index contributed by atoms with van der Waals surface area (Å²) in [5.74, 6) is 0. The Morgan fingerprint density at radius 3 is 1.93 bits per heavy atom. The fourth-order valence-electron chi connectivity index (χ4n) is 6.28. The maximum absolute atomic E-state index is 2.66. The fourth-order valence-corrected chi connectivity index (χ4v) is 11.2. The molecule has 0 amide bonds. The van der Waals surface area contributed by atoms with E-state index in [4.69, 9.17) is 0 Å². The van der Waals surface area contributed by atoms with Gasteiger partial charge in [0.1, 0.15) is 0 Å². The molecule has 2 fully saturated rings. The Labute approximate surface area is 168 Å². The molecule has 0 radical (unpaired) electrons. The van der Waals surface area contributed by atoms with Crippen molar-refractivity contribution in [3.8, 4) is 0 Å².